The van der Waals surface area contributed by atoms with Gasteiger partial charge < -0.3 is 5.21 Å². The molecule has 0 bridgehead atoms. The summed E-state index contributed by atoms with van der Waals surface area (Å²) in [6, 6.07) is 0. The van der Waals surface area contributed by atoms with Gasteiger partial charge in [0.15, 0.2) is 0 Å². The summed E-state index contributed by atoms with van der Waals surface area (Å²) in [7, 11) is 1.59. The highest BCUT2D eigenvalue weighted by molar-refractivity contribution is 4.10. The maximum absolute atomic E-state index is 10.2. The van der Waals surface area contributed by atoms with Crippen molar-refractivity contribution in [3.05, 3.63) is 5.21 Å². The zero-order valence-electron chi connectivity index (χ0n) is 4.62. The molecule has 0 aliphatic heterocycles. The zero-order chi connectivity index (χ0) is 5.70. The Bertz CT molecular complexity index is 41.2. The molecule has 0 aromatic carbocycles. The van der Waals surface area contributed by atoms with Crippen molar-refractivity contribution in [2.75, 3.05) is 13.6 Å². The molecule has 0 amide bonds. The second-order valence-corrected chi connectivity index (χ2v) is 1.11. The Morgan fingerprint density at radius 2 is 2.29 bits per heavy atom. The van der Waals surface area contributed by atoms with E-state index in [1.807, 2.05) is 6.92 Å². The fourth-order valence-electron chi connectivity index (χ4n) is 0.249. The van der Waals surface area contributed by atoms with E-state index < -0.39 is 0 Å². The smallest absolute Gasteiger partial charge is 0.0440 e. The maximum atomic E-state index is 10.2. The molecule has 44 valence electrons. The van der Waals surface area contributed by atoms with Gasteiger partial charge in [0.25, 0.3) is 0 Å². The first kappa shape index (κ1) is 6.84. The highest BCUT2D eigenvalue weighted by Gasteiger charge is 1.81. The molecular weight excluding hydrogens is 94.1 g/mol. The molecule has 0 saturated heterocycles. The Hall–Kier alpha value is -0.160. The number of hydrogen-bond donors (Lipinski definition) is 3. The normalized spacial score (nSPS) is 14.1. The van der Waals surface area contributed by atoms with Gasteiger partial charge in [0.05, 0.1) is 0 Å². The third-order valence-corrected chi connectivity index (χ3v) is 0.564. The van der Waals surface area contributed by atoms with Gasteiger partial charge in [-0.2, -0.15) is 5.43 Å². The van der Waals surface area contributed by atoms with Crippen molar-refractivity contribution in [1.29, 1.82) is 0 Å². The first-order valence-corrected chi connectivity index (χ1v) is 2.26. The molecule has 7 heavy (non-hydrogen) atoms. The van der Waals surface area contributed by atoms with E-state index in [1.54, 1.807) is 7.05 Å². The average Bonchev–Trinajstić information content (AvgIpc) is 1.68. The Balaban J connectivity index is 2.83. The van der Waals surface area contributed by atoms with E-state index in [-0.39, 0.29) is 5.28 Å². The lowest BCUT2D eigenvalue weighted by atomic mass is 10.8. The van der Waals surface area contributed by atoms with E-state index >= 15 is 0 Å². The molecule has 0 radical (unpaired) electrons. The van der Waals surface area contributed by atoms with Gasteiger partial charge in [-0.1, -0.05) is 0 Å². The van der Waals surface area contributed by atoms with Gasteiger partial charge >= 0.3 is 0 Å². The molecule has 1 unspecified atom stereocenters. The van der Waals surface area contributed by atoms with Crippen molar-refractivity contribution >= 4 is 0 Å². The molecule has 0 rings (SSSR count). The van der Waals surface area contributed by atoms with Crippen LogP contribution < -0.4 is 16.1 Å². The van der Waals surface area contributed by atoms with Gasteiger partial charge in [-0.15, -0.1) is 5.43 Å². The minimum atomic E-state index is -0.123. The molecule has 1 atom stereocenters. The van der Waals surface area contributed by atoms with Crippen LogP contribution in [-0.2, 0) is 0 Å². The molecule has 0 fully saturated rings. The second-order valence-electron chi connectivity index (χ2n) is 1.11. The largest absolute Gasteiger partial charge is 0.593 e. The van der Waals surface area contributed by atoms with Gasteiger partial charge in [-0.25, -0.2) is 5.28 Å². The van der Waals surface area contributed by atoms with Crippen LogP contribution in [0.1, 0.15) is 6.92 Å². The summed E-state index contributed by atoms with van der Waals surface area (Å²) in [6.07, 6.45) is 0. The third kappa shape index (κ3) is 3.68. The summed E-state index contributed by atoms with van der Waals surface area (Å²) in [5.41, 5.74) is 4.96. The van der Waals surface area contributed by atoms with E-state index in [0.717, 1.165) is 0 Å². The van der Waals surface area contributed by atoms with Crippen LogP contribution >= 0.6 is 0 Å². The predicted octanol–water partition coefficient (Wildman–Crippen LogP) is -1.97. The van der Waals surface area contributed by atoms with Crippen LogP contribution in [0.4, 0.5) is 0 Å². The molecule has 4 nitrogen and oxygen atoms in total. The fraction of sp³-hybridized carbons (Fsp3) is 1.00. The van der Waals surface area contributed by atoms with Crippen LogP contribution in [0.15, 0.2) is 0 Å². The van der Waals surface area contributed by atoms with E-state index in [9.17, 15) is 5.21 Å². The van der Waals surface area contributed by atoms with Crippen LogP contribution in [-0.4, -0.2) is 13.6 Å². The van der Waals surface area contributed by atoms with E-state index in [0.29, 0.717) is 6.54 Å². The van der Waals surface area contributed by atoms with Crippen LogP contribution in [0.2, 0.25) is 0 Å². The monoisotopic (exact) mass is 105 g/mol. The Morgan fingerprint density at radius 3 is 2.43 bits per heavy atom. The molecule has 4 heteroatoms. The first-order valence-electron chi connectivity index (χ1n) is 2.26. The number of rotatable bonds is 3. The highest BCUT2D eigenvalue weighted by Crippen LogP contribution is 1.33. The topological polar surface area (TPSA) is 51.6 Å². The molecule has 0 aromatic heterocycles. The lowest BCUT2D eigenvalue weighted by Crippen LogP contribution is -3.20. The second kappa shape index (κ2) is 4.01. The molecule has 3 N–H and O–H groups in total. The third-order valence-electron chi connectivity index (χ3n) is 0.564. The Morgan fingerprint density at radius 1 is 1.71 bits per heavy atom. The van der Waals surface area contributed by atoms with Crippen molar-refractivity contribution in [3.8, 4) is 0 Å². The molecule has 0 aromatic rings. The Labute approximate surface area is 43.0 Å². The van der Waals surface area contributed by atoms with Gasteiger partial charge in [0, 0.05) is 13.6 Å². The number of hydrogen-bond acceptors (Lipinski definition) is 3. The van der Waals surface area contributed by atoms with Gasteiger partial charge in [-0.3, -0.25) is 0 Å². The first-order chi connectivity index (χ1) is 3.31. The van der Waals surface area contributed by atoms with Gasteiger partial charge in [0.2, 0.25) is 0 Å². The van der Waals surface area contributed by atoms with Crippen molar-refractivity contribution in [1.82, 2.24) is 10.9 Å². The van der Waals surface area contributed by atoms with E-state index in [2.05, 4.69) is 10.9 Å². The molecule has 0 spiro atoms. The number of nitrogens with one attached hydrogen (secondary N) is 3. The van der Waals surface area contributed by atoms with Gasteiger partial charge in [0.1, 0.15) is 0 Å². The maximum Gasteiger partial charge on any atom is 0.0440 e. The summed E-state index contributed by atoms with van der Waals surface area (Å²) in [4.78, 5) is 0. The summed E-state index contributed by atoms with van der Waals surface area (Å²) in [5, 5.41) is 10.1. The number of quaternary nitrogens is 1. The summed E-state index contributed by atoms with van der Waals surface area (Å²) >= 11 is 0. The molecule has 0 aliphatic carbocycles. The van der Waals surface area contributed by atoms with Crippen molar-refractivity contribution in [3.63, 3.8) is 0 Å². The van der Waals surface area contributed by atoms with Crippen LogP contribution in [0.25, 0.3) is 0 Å². The van der Waals surface area contributed by atoms with Crippen LogP contribution in [0.3, 0.4) is 0 Å². The van der Waals surface area contributed by atoms with Crippen LogP contribution in [0, 0.1) is 5.21 Å². The predicted molar refractivity (Wildman–Crippen MR) is 27.1 cm³/mol. The summed E-state index contributed by atoms with van der Waals surface area (Å²) < 4.78 is 0. The standard InChI is InChI=1S/C3H11N3O/c1-3-5-6(7)4-2/h4-6H,3H2,1-2H3. The van der Waals surface area contributed by atoms with Gasteiger partial charge in [-0.05, 0) is 6.92 Å². The fourth-order valence-corrected chi connectivity index (χ4v) is 0.249. The quantitative estimate of drug-likeness (QED) is 0.365. The zero-order valence-corrected chi connectivity index (χ0v) is 4.62. The minimum Gasteiger partial charge on any atom is -0.593 e. The van der Waals surface area contributed by atoms with E-state index in [1.165, 1.54) is 0 Å². The molecular formula is C3H11N3O. The highest BCUT2D eigenvalue weighted by atomic mass is 16.6. The SMILES string of the molecule is CCN[NH+]([O-])NC. The summed E-state index contributed by atoms with van der Waals surface area (Å²) in [5.74, 6) is 0. The average molecular weight is 105 g/mol. The van der Waals surface area contributed by atoms with Crippen LogP contribution in [0.5, 0.6) is 0 Å². The lowest BCUT2D eigenvalue weighted by molar-refractivity contribution is -0.938. The molecule has 0 saturated carbocycles. The Kier molecular flexibility index (Phi) is 3.92. The van der Waals surface area contributed by atoms with Crippen molar-refractivity contribution < 1.29 is 5.28 Å². The van der Waals surface area contributed by atoms with E-state index in [4.69, 9.17) is 0 Å². The van der Waals surface area contributed by atoms with Crippen molar-refractivity contribution in [2.24, 2.45) is 0 Å². The molecule has 0 heterocycles. The minimum absolute atomic E-state index is 0.123. The molecule has 0 aliphatic rings. The van der Waals surface area contributed by atoms with Crippen molar-refractivity contribution in [2.45, 2.75) is 6.92 Å². The lowest BCUT2D eigenvalue weighted by Gasteiger charge is -2.17. The summed E-state index contributed by atoms with van der Waals surface area (Å²) in [6.45, 7) is 2.55.